The molecule has 0 atom stereocenters. The monoisotopic (exact) mass is 314 g/mol. The first kappa shape index (κ1) is 13.8. The maximum absolute atomic E-state index is 5.72. The van der Waals surface area contributed by atoms with E-state index in [0.29, 0.717) is 6.61 Å². The molecule has 1 aromatic carbocycles. The van der Waals surface area contributed by atoms with E-state index in [-0.39, 0.29) is 0 Å². The Balaban J connectivity index is 2.18. The maximum Gasteiger partial charge on any atom is 0.128 e. The lowest BCUT2D eigenvalue weighted by Gasteiger charge is -2.37. The summed E-state index contributed by atoms with van der Waals surface area (Å²) in [6.45, 7) is 7.58. The Bertz CT molecular complexity index is 403. The van der Waals surface area contributed by atoms with Crippen LogP contribution in [0.4, 0.5) is 0 Å². The van der Waals surface area contributed by atoms with Gasteiger partial charge in [0.25, 0.3) is 0 Å². The number of quaternary nitrogens is 1. The lowest BCUT2D eigenvalue weighted by molar-refractivity contribution is -0.929. The minimum absolute atomic E-state index is 0.710. The van der Waals surface area contributed by atoms with Crippen LogP contribution in [0.3, 0.4) is 0 Å². The van der Waals surface area contributed by atoms with Crippen LogP contribution in [0, 0.1) is 0 Å². The molecule has 0 amide bonds. The molecule has 0 saturated carbocycles. The molecular formula is C14H21BrNO2+. The summed E-state index contributed by atoms with van der Waals surface area (Å²) < 4.78 is 13.3. The van der Waals surface area contributed by atoms with Crippen LogP contribution in [-0.2, 0) is 11.3 Å². The number of hydrogen-bond acceptors (Lipinski definition) is 2. The van der Waals surface area contributed by atoms with Crippen LogP contribution in [0.2, 0.25) is 0 Å². The molecule has 100 valence electrons. The highest BCUT2D eigenvalue weighted by Crippen LogP contribution is 2.27. The average molecular weight is 315 g/mol. The Morgan fingerprint density at radius 1 is 1.33 bits per heavy atom. The Labute approximate surface area is 117 Å². The molecule has 1 aromatic rings. The molecule has 1 aliphatic rings. The summed E-state index contributed by atoms with van der Waals surface area (Å²) in [7, 11) is 2.29. The number of rotatable bonds is 4. The van der Waals surface area contributed by atoms with Gasteiger partial charge in [0.2, 0.25) is 0 Å². The molecule has 0 unspecified atom stereocenters. The molecule has 18 heavy (non-hydrogen) atoms. The van der Waals surface area contributed by atoms with Crippen molar-refractivity contribution < 1.29 is 14.0 Å². The van der Waals surface area contributed by atoms with Gasteiger partial charge in [-0.3, -0.25) is 0 Å². The predicted octanol–water partition coefficient (Wildman–Crippen LogP) is 2.82. The molecule has 0 aromatic heterocycles. The molecule has 0 aliphatic carbocycles. The third kappa shape index (κ3) is 3.46. The summed E-state index contributed by atoms with van der Waals surface area (Å²) in [5, 5.41) is 0. The Morgan fingerprint density at radius 2 is 2.06 bits per heavy atom. The van der Waals surface area contributed by atoms with Crippen molar-refractivity contribution in [3.63, 3.8) is 0 Å². The number of nitrogens with zero attached hydrogens (tertiary/aromatic N) is 1. The summed E-state index contributed by atoms with van der Waals surface area (Å²) in [5.74, 6) is 1.01. The van der Waals surface area contributed by atoms with E-state index in [1.807, 2.05) is 13.0 Å². The molecule has 0 N–H and O–H groups in total. The highest BCUT2D eigenvalue weighted by atomic mass is 79.9. The van der Waals surface area contributed by atoms with Crippen LogP contribution >= 0.6 is 15.9 Å². The van der Waals surface area contributed by atoms with Gasteiger partial charge in [-0.1, -0.05) is 15.9 Å². The van der Waals surface area contributed by atoms with Crippen molar-refractivity contribution in [2.75, 3.05) is 40.0 Å². The van der Waals surface area contributed by atoms with Gasteiger partial charge in [0.15, 0.2) is 0 Å². The third-order valence-corrected chi connectivity index (χ3v) is 3.92. The minimum Gasteiger partial charge on any atom is -0.493 e. The van der Waals surface area contributed by atoms with E-state index in [0.717, 1.165) is 47.6 Å². The van der Waals surface area contributed by atoms with Crippen LogP contribution in [-0.4, -0.2) is 44.4 Å². The fourth-order valence-electron chi connectivity index (χ4n) is 2.32. The SMILES string of the molecule is CCOc1ccc(Br)cc1C[N+]1(C)CCOCC1. The van der Waals surface area contributed by atoms with Crippen LogP contribution < -0.4 is 4.74 Å². The normalized spacial score (nSPS) is 18.6. The fourth-order valence-corrected chi connectivity index (χ4v) is 2.73. The second-order valence-corrected chi connectivity index (χ2v) is 5.94. The zero-order valence-electron chi connectivity index (χ0n) is 11.1. The van der Waals surface area contributed by atoms with Gasteiger partial charge < -0.3 is 14.0 Å². The molecule has 0 radical (unpaired) electrons. The number of likely N-dealkylation sites (N-methyl/N-ethyl adjacent to an activating group) is 1. The number of halogens is 1. The first-order valence-corrected chi connectivity index (χ1v) is 7.25. The standard InChI is InChI=1S/C14H21BrNO2/c1-3-18-14-5-4-13(15)10-12(14)11-16(2)6-8-17-9-7-16/h4-5,10H,3,6-9,11H2,1-2H3/q+1. The number of hydrogen-bond donors (Lipinski definition) is 0. The molecule has 0 bridgehead atoms. The van der Waals surface area contributed by atoms with E-state index in [1.54, 1.807) is 0 Å². The van der Waals surface area contributed by atoms with Crippen LogP contribution in [0.5, 0.6) is 5.75 Å². The Morgan fingerprint density at radius 3 is 2.72 bits per heavy atom. The lowest BCUT2D eigenvalue weighted by Crippen LogP contribution is -2.51. The van der Waals surface area contributed by atoms with Gasteiger partial charge in [0.1, 0.15) is 25.4 Å². The van der Waals surface area contributed by atoms with Crippen molar-refractivity contribution in [2.24, 2.45) is 0 Å². The molecule has 1 saturated heterocycles. The van der Waals surface area contributed by atoms with Gasteiger partial charge in [-0.05, 0) is 25.1 Å². The number of benzene rings is 1. The quantitative estimate of drug-likeness (QED) is 0.796. The van der Waals surface area contributed by atoms with E-state index < -0.39 is 0 Å². The van der Waals surface area contributed by atoms with Gasteiger partial charge in [-0.15, -0.1) is 0 Å². The van der Waals surface area contributed by atoms with Crippen molar-refractivity contribution in [3.05, 3.63) is 28.2 Å². The summed E-state index contributed by atoms with van der Waals surface area (Å²) in [6.07, 6.45) is 0. The van der Waals surface area contributed by atoms with Crippen LogP contribution in [0.15, 0.2) is 22.7 Å². The van der Waals surface area contributed by atoms with Crippen molar-refractivity contribution >= 4 is 15.9 Å². The highest BCUT2D eigenvalue weighted by molar-refractivity contribution is 9.10. The van der Waals surface area contributed by atoms with E-state index in [1.165, 1.54) is 5.56 Å². The minimum atomic E-state index is 0.710. The first-order valence-electron chi connectivity index (χ1n) is 6.45. The summed E-state index contributed by atoms with van der Waals surface area (Å²) in [4.78, 5) is 0. The number of ether oxygens (including phenoxy) is 2. The van der Waals surface area contributed by atoms with Gasteiger partial charge in [0.05, 0.1) is 26.9 Å². The van der Waals surface area contributed by atoms with Crippen molar-refractivity contribution in [1.82, 2.24) is 0 Å². The molecule has 2 rings (SSSR count). The number of morpholine rings is 1. The van der Waals surface area contributed by atoms with Gasteiger partial charge in [-0.2, -0.15) is 0 Å². The fraction of sp³-hybridized carbons (Fsp3) is 0.571. The average Bonchev–Trinajstić information content (AvgIpc) is 2.33. The molecular weight excluding hydrogens is 294 g/mol. The van der Waals surface area contributed by atoms with E-state index in [2.05, 4.69) is 35.1 Å². The summed E-state index contributed by atoms with van der Waals surface area (Å²) >= 11 is 3.54. The van der Waals surface area contributed by atoms with Crippen molar-refractivity contribution in [3.8, 4) is 5.75 Å². The molecule has 1 aliphatic heterocycles. The Kier molecular flexibility index (Phi) is 4.65. The second kappa shape index (κ2) is 6.04. The van der Waals surface area contributed by atoms with Gasteiger partial charge in [0, 0.05) is 10.0 Å². The topological polar surface area (TPSA) is 18.5 Å². The van der Waals surface area contributed by atoms with Gasteiger partial charge in [-0.25, -0.2) is 0 Å². The summed E-state index contributed by atoms with van der Waals surface area (Å²) in [5.41, 5.74) is 1.27. The highest BCUT2D eigenvalue weighted by Gasteiger charge is 2.26. The van der Waals surface area contributed by atoms with Crippen LogP contribution in [0.25, 0.3) is 0 Å². The lowest BCUT2D eigenvalue weighted by atomic mass is 10.1. The molecule has 4 heteroatoms. The molecule has 3 nitrogen and oxygen atoms in total. The van der Waals surface area contributed by atoms with Crippen molar-refractivity contribution in [2.45, 2.75) is 13.5 Å². The summed E-state index contributed by atoms with van der Waals surface area (Å²) in [6, 6.07) is 6.26. The zero-order chi connectivity index (χ0) is 13.0. The predicted molar refractivity (Wildman–Crippen MR) is 75.8 cm³/mol. The first-order chi connectivity index (χ1) is 8.63. The second-order valence-electron chi connectivity index (χ2n) is 5.02. The van der Waals surface area contributed by atoms with Crippen LogP contribution in [0.1, 0.15) is 12.5 Å². The molecule has 1 fully saturated rings. The van der Waals surface area contributed by atoms with Crippen molar-refractivity contribution in [1.29, 1.82) is 0 Å². The van der Waals surface area contributed by atoms with E-state index >= 15 is 0 Å². The smallest absolute Gasteiger partial charge is 0.128 e. The van der Waals surface area contributed by atoms with Gasteiger partial charge >= 0.3 is 0 Å². The third-order valence-electron chi connectivity index (χ3n) is 3.43. The molecule has 0 spiro atoms. The van der Waals surface area contributed by atoms with E-state index in [4.69, 9.17) is 9.47 Å². The maximum atomic E-state index is 5.72. The largest absolute Gasteiger partial charge is 0.493 e. The van der Waals surface area contributed by atoms with E-state index in [9.17, 15) is 0 Å². The Hall–Kier alpha value is -0.580. The zero-order valence-corrected chi connectivity index (χ0v) is 12.7. The molecule has 1 heterocycles.